The van der Waals surface area contributed by atoms with Crippen molar-refractivity contribution in [3.63, 3.8) is 0 Å². The molecule has 0 saturated heterocycles. The van der Waals surface area contributed by atoms with Gasteiger partial charge in [0.25, 0.3) is 0 Å². The van der Waals surface area contributed by atoms with Gasteiger partial charge in [-0.25, -0.2) is 0 Å². The van der Waals surface area contributed by atoms with Gasteiger partial charge in [0.15, 0.2) is 0 Å². The molecule has 0 aromatic carbocycles. The Labute approximate surface area is 129 Å². The third-order valence-electron chi connectivity index (χ3n) is 4.88. The predicted octanol–water partition coefficient (Wildman–Crippen LogP) is 3.04. The van der Waals surface area contributed by atoms with E-state index >= 15 is 0 Å². The van der Waals surface area contributed by atoms with Crippen LogP contribution in [-0.4, -0.2) is 36.9 Å². The minimum atomic E-state index is -0.548. The third kappa shape index (κ3) is 4.19. The largest absolute Gasteiger partial charge is 0.468 e. The Morgan fingerprint density at radius 1 is 1.24 bits per heavy atom. The van der Waals surface area contributed by atoms with Crippen molar-refractivity contribution in [2.24, 2.45) is 5.92 Å². The van der Waals surface area contributed by atoms with Crippen LogP contribution in [0, 0.1) is 5.92 Å². The first-order valence-corrected chi connectivity index (χ1v) is 8.47. The molecule has 21 heavy (non-hydrogen) atoms. The molecule has 2 saturated carbocycles. The van der Waals surface area contributed by atoms with Gasteiger partial charge in [-0.3, -0.25) is 10.1 Å². The maximum Gasteiger partial charge on any atom is 0.326 e. The number of carbonyl (C=O) groups is 1. The molecule has 2 rings (SSSR count). The second-order valence-corrected chi connectivity index (χ2v) is 7.27. The summed E-state index contributed by atoms with van der Waals surface area (Å²) in [6.07, 6.45) is 7.99. The van der Waals surface area contributed by atoms with Crippen molar-refractivity contribution >= 4 is 5.97 Å². The van der Waals surface area contributed by atoms with Crippen LogP contribution in [-0.2, 0) is 14.3 Å². The predicted molar refractivity (Wildman–Crippen MR) is 83.2 cm³/mol. The Balaban J connectivity index is 1.94. The smallest absolute Gasteiger partial charge is 0.326 e. The van der Waals surface area contributed by atoms with Gasteiger partial charge in [-0.2, -0.15) is 0 Å². The Morgan fingerprint density at radius 2 is 2.00 bits per heavy atom. The minimum absolute atomic E-state index is 0.140. The highest BCUT2D eigenvalue weighted by Gasteiger charge is 2.47. The first-order valence-electron chi connectivity index (χ1n) is 8.47. The molecule has 2 fully saturated rings. The van der Waals surface area contributed by atoms with Gasteiger partial charge >= 0.3 is 5.97 Å². The maximum atomic E-state index is 12.2. The number of hydrogen-bond donors (Lipinski definition) is 1. The molecular formula is C17H31NO3. The molecule has 4 atom stereocenters. The van der Waals surface area contributed by atoms with E-state index in [0.717, 1.165) is 25.2 Å². The summed E-state index contributed by atoms with van der Waals surface area (Å²) in [5, 5.41) is 3.43. The quantitative estimate of drug-likeness (QED) is 0.792. The highest BCUT2D eigenvalue weighted by atomic mass is 16.5. The average molecular weight is 297 g/mol. The van der Waals surface area contributed by atoms with Crippen molar-refractivity contribution in [1.82, 2.24) is 5.32 Å². The lowest BCUT2D eigenvalue weighted by Gasteiger charge is -2.32. The number of ether oxygens (including phenoxy) is 2. The molecule has 0 amide bonds. The summed E-state index contributed by atoms with van der Waals surface area (Å²) >= 11 is 0. The van der Waals surface area contributed by atoms with Crippen molar-refractivity contribution in [3.8, 4) is 0 Å². The SMILES string of the molecule is COC(=O)C1(NC(C)C)CCC(OC2CCCC(C)C2)C1. The summed E-state index contributed by atoms with van der Waals surface area (Å²) < 4.78 is 11.3. The lowest BCUT2D eigenvalue weighted by molar-refractivity contribution is -0.149. The van der Waals surface area contributed by atoms with E-state index in [9.17, 15) is 4.79 Å². The fourth-order valence-corrected chi connectivity index (χ4v) is 4.01. The number of esters is 1. The van der Waals surface area contributed by atoms with E-state index in [-0.39, 0.29) is 18.1 Å². The molecule has 0 aromatic heterocycles. The summed E-state index contributed by atoms with van der Waals surface area (Å²) in [6, 6.07) is 0.262. The van der Waals surface area contributed by atoms with Crippen LogP contribution in [0.15, 0.2) is 0 Å². The summed E-state index contributed by atoms with van der Waals surface area (Å²) in [5.41, 5.74) is -0.548. The molecule has 0 bridgehead atoms. The number of rotatable bonds is 5. The Hall–Kier alpha value is -0.610. The van der Waals surface area contributed by atoms with Crippen LogP contribution in [0.2, 0.25) is 0 Å². The lowest BCUT2D eigenvalue weighted by Crippen LogP contribution is -2.54. The fraction of sp³-hybridized carbons (Fsp3) is 0.941. The maximum absolute atomic E-state index is 12.2. The van der Waals surface area contributed by atoms with Crippen molar-refractivity contribution in [2.45, 2.75) is 89.5 Å². The zero-order valence-electron chi connectivity index (χ0n) is 14.0. The van der Waals surface area contributed by atoms with Crippen LogP contribution in [0.5, 0.6) is 0 Å². The highest BCUT2D eigenvalue weighted by Crippen LogP contribution is 2.36. The number of hydrogen-bond acceptors (Lipinski definition) is 4. The number of methoxy groups -OCH3 is 1. The molecule has 0 spiro atoms. The molecular weight excluding hydrogens is 266 g/mol. The van der Waals surface area contributed by atoms with E-state index in [1.54, 1.807) is 0 Å². The van der Waals surface area contributed by atoms with Crippen LogP contribution in [0.25, 0.3) is 0 Å². The zero-order valence-corrected chi connectivity index (χ0v) is 14.0. The number of nitrogens with one attached hydrogen (secondary N) is 1. The van der Waals surface area contributed by atoms with Crippen LogP contribution in [0.1, 0.15) is 65.7 Å². The van der Waals surface area contributed by atoms with E-state index < -0.39 is 5.54 Å². The molecule has 0 radical (unpaired) electrons. The van der Waals surface area contributed by atoms with Gasteiger partial charge in [0.1, 0.15) is 5.54 Å². The molecule has 122 valence electrons. The Bertz CT molecular complexity index is 358. The molecule has 2 aliphatic rings. The van der Waals surface area contributed by atoms with Crippen molar-refractivity contribution in [2.75, 3.05) is 7.11 Å². The third-order valence-corrected chi connectivity index (χ3v) is 4.88. The van der Waals surface area contributed by atoms with E-state index in [2.05, 4.69) is 26.1 Å². The van der Waals surface area contributed by atoms with Gasteiger partial charge in [0, 0.05) is 12.5 Å². The second kappa shape index (κ2) is 7.10. The first kappa shape index (κ1) is 16.8. The van der Waals surface area contributed by atoms with Gasteiger partial charge in [-0.1, -0.05) is 19.8 Å². The van der Waals surface area contributed by atoms with Crippen molar-refractivity contribution in [1.29, 1.82) is 0 Å². The van der Waals surface area contributed by atoms with E-state index in [0.29, 0.717) is 6.10 Å². The van der Waals surface area contributed by atoms with Crippen LogP contribution < -0.4 is 5.32 Å². The van der Waals surface area contributed by atoms with E-state index in [1.165, 1.54) is 32.8 Å². The van der Waals surface area contributed by atoms with E-state index in [1.807, 2.05) is 0 Å². The molecule has 4 nitrogen and oxygen atoms in total. The highest BCUT2D eigenvalue weighted by molar-refractivity contribution is 5.81. The van der Waals surface area contributed by atoms with Crippen molar-refractivity contribution < 1.29 is 14.3 Å². The Morgan fingerprint density at radius 3 is 2.62 bits per heavy atom. The van der Waals surface area contributed by atoms with Crippen molar-refractivity contribution in [3.05, 3.63) is 0 Å². The van der Waals surface area contributed by atoms with E-state index in [4.69, 9.17) is 9.47 Å². The lowest BCUT2D eigenvalue weighted by atomic mass is 9.88. The van der Waals surface area contributed by atoms with Gasteiger partial charge in [-0.15, -0.1) is 0 Å². The summed E-state index contributed by atoms with van der Waals surface area (Å²) in [7, 11) is 1.48. The second-order valence-electron chi connectivity index (χ2n) is 7.27. The van der Waals surface area contributed by atoms with Crippen LogP contribution in [0.4, 0.5) is 0 Å². The number of carbonyl (C=O) groups excluding carboxylic acids is 1. The minimum Gasteiger partial charge on any atom is -0.468 e. The summed E-state index contributed by atoms with van der Waals surface area (Å²) in [6.45, 7) is 6.45. The molecule has 0 aliphatic heterocycles. The van der Waals surface area contributed by atoms with Gasteiger partial charge in [0.2, 0.25) is 0 Å². The normalized spacial score (nSPS) is 36.9. The zero-order chi connectivity index (χ0) is 15.5. The van der Waals surface area contributed by atoms with Gasteiger partial charge < -0.3 is 9.47 Å². The molecule has 4 heteroatoms. The Kier molecular flexibility index (Phi) is 5.67. The van der Waals surface area contributed by atoms with Crippen LogP contribution >= 0.6 is 0 Å². The molecule has 2 aliphatic carbocycles. The topological polar surface area (TPSA) is 47.6 Å². The van der Waals surface area contributed by atoms with Crippen LogP contribution in [0.3, 0.4) is 0 Å². The van der Waals surface area contributed by atoms with Gasteiger partial charge in [0.05, 0.1) is 19.3 Å². The standard InChI is InChI=1S/C17H31NO3/c1-12(2)18-17(16(19)20-4)9-8-15(11-17)21-14-7-5-6-13(3)10-14/h12-15,18H,5-11H2,1-4H3. The summed E-state index contributed by atoms with van der Waals surface area (Å²) in [5.74, 6) is 0.628. The first-order chi connectivity index (χ1) is 9.95. The monoisotopic (exact) mass is 297 g/mol. The summed E-state index contributed by atoms with van der Waals surface area (Å²) in [4.78, 5) is 12.2. The van der Waals surface area contributed by atoms with Gasteiger partial charge in [-0.05, 0) is 45.4 Å². The molecule has 1 N–H and O–H groups in total. The molecule has 0 heterocycles. The fourth-order valence-electron chi connectivity index (χ4n) is 4.01. The molecule has 4 unspecified atom stereocenters. The molecule has 0 aromatic rings. The average Bonchev–Trinajstić information content (AvgIpc) is 2.81.